The van der Waals surface area contributed by atoms with Gasteiger partial charge in [-0.1, -0.05) is 47.5 Å². The molecule has 27 heavy (non-hydrogen) atoms. The molecule has 1 aliphatic heterocycles. The minimum Gasteiger partial charge on any atom is -0.299 e. The van der Waals surface area contributed by atoms with Gasteiger partial charge >= 0.3 is 0 Å². The molecule has 0 radical (unpaired) electrons. The molecule has 3 rings (SSSR count). The second-order valence-electron chi connectivity index (χ2n) is 6.47. The van der Waals surface area contributed by atoms with Crippen LogP contribution in [-0.4, -0.2) is 33.0 Å². The fourth-order valence-electron chi connectivity index (χ4n) is 3.18. The molecule has 0 spiro atoms. The summed E-state index contributed by atoms with van der Waals surface area (Å²) in [7, 11) is -3.61. The monoisotopic (exact) mass is 448 g/mol. The predicted molar refractivity (Wildman–Crippen MR) is 114 cm³/mol. The first-order valence-electron chi connectivity index (χ1n) is 8.69. The standard InChI is InChI=1S/C19H22Cl2N2O2S.ClH/c20-17-7-8-19(18(21)13-17)26(24,25)22-10-3-4-11-23-12-9-15-5-1-2-6-16(15)14-23;/h1-2,5-8,13,22H,3-4,9-12,14H2;1H. The lowest BCUT2D eigenvalue weighted by molar-refractivity contribution is 0.249. The molecule has 0 saturated carbocycles. The van der Waals surface area contributed by atoms with E-state index in [9.17, 15) is 8.42 Å². The van der Waals surface area contributed by atoms with Gasteiger partial charge in [0.15, 0.2) is 0 Å². The van der Waals surface area contributed by atoms with E-state index in [4.69, 9.17) is 23.2 Å². The van der Waals surface area contributed by atoms with E-state index in [1.807, 2.05) is 0 Å². The van der Waals surface area contributed by atoms with Crippen molar-refractivity contribution in [3.63, 3.8) is 0 Å². The zero-order valence-electron chi connectivity index (χ0n) is 14.8. The highest BCUT2D eigenvalue weighted by molar-refractivity contribution is 7.89. The lowest BCUT2D eigenvalue weighted by Gasteiger charge is -2.28. The third-order valence-electron chi connectivity index (χ3n) is 4.59. The molecule has 0 fully saturated rings. The van der Waals surface area contributed by atoms with Crippen molar-refractivity contribution in [3.05, 3.63) is 63.6 Å². The summed E-state index contributed by atoms with van der Waals surface area (Å²) < 4.78 is 27.2. The van der Waals surface area contributed by atoms with Crippen LogP contribution in [0.5, 0.6) is 0 Å². The number of benzene rings is 2. The third-order valence-corrected chi connectivity index (χ3v) is 6.77. The quantitative estimate of drug-likeness (QED) is 0.632. The van der Waals surface area contributed by atoms with E-state index in [0.29, 0.717) is 11.6 Å². The maximum Gasteiger partial charge on any atom is 0.242 e. The van der Waals surface area contributed by atoms with Crippen molar-refractivity contribution in [3.8, 4) is 0 Å². The molecule has 0 amide bonds. The molecule has 4 nitrogen and oxygen atoms in total. The average molecular weight is 450 g/mol. The fourth-order valence-corrected chi connectivity index (χ4v) is 5.03. The van der Waals surface area contributed by atoms with Crippen LogP contribution in [0.3, 0.4) is 0 Å². The van der Waals surface area contributed by atoms with Crippen LogP contribution < -0.4 is 4.72 Å². The number of sulfonamides is 1. The highest BCUT2D eigenvalue weighted by atomic mass is 35.5. The average Bonchev–Trinajstić information content (AvgIpc) is 2.61. The van der Waals surface area contributed by atoms with Gasteiger partial charge in [-0.25, -0.2) is 13.1 Å². The summed E-state index contributed by atoms with van der Waals surface area (Å²) in [6, 6.07) is 12.9. The van der Waals surface area contributed by atoms with Gasteiger partial charge in [-0.2, -0.15) is 0 Å². The number of fused-ring (bicyclic) bond motifs is 1. The van der Waals surface area contributed by atoms with E-state index in [-0.39, 0.29) is 22.3 Å². The lowest BCUT2D eigenvalue weighted by atomic mass is 10.00. The van der Waals surface area contributed by atoms with Crippen LogP contribution in [0.1, 0.15) is 24.0 Å². The molecule has 0 aliphatic carbocycles. The van der Waals surface area contributed by atoms with E-state index in [2.05, 4.69) is 33.9 Å². The summed E-state index contributed by atoms with van der Waals surface area (Å²) in [5.74, 6) is 0. The van der Waals surface area contributed by atoms with Gasteiger partial charge in [-0.05, 0) is 55.1 Å². The SMILES string of the molecule is Cl.O=S(=O)(NCCCCN1CCc2ccccc2C1)c1ccc(Cl)cc1Cl. The molecular formula is C19H23Cl3N2O2S. The minimum absolute atomic E-state index is 0. The smallest absolute Gasteiger partial charge is 0.242 e. The summed E-state index contributed by atoms with van der Waals surface area (Å²) >= 11 is 11.8. The topological polar surface area (TPSA) is 49.4 Å². The van der Waals surface area contributed by atoms with Crippen molar-refractivity contribution in [1.82, 2.24) is 9.62 Å². The van der Waals surface area contributed by atoms with Gasteiger partial charge in [0.05, 0.1) is 5.02 Å². The zero-order chi connectivity index (χ0) is 18.6. The Morgan fingerprint density at radius 1 is 1.04 bits per heavy atom. The Balaban J connectivity index is 0.00000261. The summed E-state index contributed by atoms with van der Waals surface area (Å²) in [4.78, 5) is 2.49. The molecule has 148 valence electrons. The molecule has 1 heterocycles. The molecule has 0 atom stereocenters. The minimum atomic E-state index is -3.61. The van der Waals surface area contributed by atoms with E-state index in [1.165, 1.54) is 29.3 Å². The number of rotatable bonds is 7. The van der Waals surface area contributed by atoms with Crippen molar-refractivity contribution < 1.29 is 8.42 Å². The maximum atomic E-state index is 12.3. The van der Waals surface area contributed by atoms with E-state index in [1.54, 1.807) is 0 Å². The molecule has 0 saturated heterocycles. The van der Waals surface area contributed by atoms with E-state index >= 15 is 0 Å². The van der Waals surface area contributed by atoms with Crippen LogP contribution in [0.15, 0.2) is 47.4 Å². The molecule has 0 bridgehead atoms. The normalized spacial score (nSPS) is 14.4. The molecule has 1 N–H and O–H groups in total. The first kappa shape index (κ1) is 22.5. The van der Waals surface area contributed by atoms with Crippen molar-refractivity contribution >= 4 is 45.6 Å². The van der Waals surface area contributed by atoms with Crippen molar-refractivity contribution in [2.45, 2.75) is 30.7 Å². The van der Waals surface area contributed by atoms with Crippen LogP contribution in [0, 0.1) is 0 Å². The van der Waals surface area contributed by atoms with Gasteiger partial charge in [0, 0.05) is 24.7 Å². The number of hydrogen-bond donors (Lipinski definition) is 1. The maximum absolute atomic E-state index is 12.3. The first-order valence-corrected chi connectivity index (χ1v) is 10.9. The Labute approximate surface area is 177 Å². The molecule has 0 aromatic heterocycles. The van der Waals surface area contributed by atoms with E-state index in [0.717, 1.165) is 38.9 Å². The molecule has 8 heteroatoms. The van der Waals surface area contributed by atoms with Crippen LogP contribution in [-0.2, 0) is 23.0 Å². The van der Waals surface area contributed by atoms with Crippen LogP contribution >= 0.6 is 35.6 Å². The van der Waals surface area contributed by atoms with Crippen molar-refractivity contribution in [2.75, 3.05) is 19.6 Å². The Morgan fingerprint density at radius 3 is 2.52 bits per heavy atom. The number of nitrogens with zero attached hydrogens (tertiary/aromatic N) is 1. The van der Waals surface area contributed by atoms with Gasteiger partial charge in [0.2, 0.25) is 10.0 Å². The fraction of sp³-hybridized carbons (Fsp3) is 0.368. The van der Waals surface area contributed by atoms with Gasteiger partial charge in [-0.15, -0.1) is 12.4 Å². The van der Waals surface area contributed by atoms with E-state index < -0.39 is 10.0 Å². The van der Waals surface area contributed by atoms with Crippen molar-refractivity contribution in [1.29, 1.82) is 0 Å². The first-order chi connectivity index (χ1) is 12.5. The lowest BCUT2D eigenvalue weighted by Crippen LogP contribution is -2.32. The Bertz CT molecular complexity index is 875. The Morgan fingerprint density at radius 2 is 1.78 bits per heavy atom. The molecular weight excluding hydrogens is 427 g/mol. The third kappa shape index (κ3) is 6.08. The second-order valence-corrected chi connectivity index (χ2v) is 9.05. The van der Waals surface area contributed by atoms with Gasteiger partial charge in [0.25, 0.3) is 0 Å². The number of halogens is 3. The molecule has 0 unspecified atom stereocenters. The number of unbranched alkanes of at least 4 members (excludes halogenated alkanes) is 1. The summed E-state index contributed by atoms with van der Waals surface area (Å²) in [5.41, 5.74) is 2.84. The van der Waals surface area contributed by atoms with Crippen molar-refractivity contribution in [2.24, 2.45) is 0 Å². The summed E-state index contributed by atoms with van der Waals surface area (Å²) in [6.07, 6.45) is 2.81. The zero-order valence-corrected chi connectivity index (χ0v) is 18.0. The van der Waals surface area contributed by atoms with Crippen LogP contribution in [0.2, 0.25) is 10.0 Å². The number of nitrogens with one attached hydrogen (secondary N) is 1. The summed E-state index contributed by atoms with van der Waals surface area (Å²) in [5, 5.41) is 0.550. The second kappa shape index (κ2) is 10.1. The summed E-state index contributed by atoms with van der Waals surface area (Å²) in [6.45, 7) is 3.40. The highest BCUT2D eigenvalue weighted by Crippen LogP contribution is 2.24. The van der Waals surface area contributed by atoms with Crippen LogP contribution in [0.25, 0.3) is 0 Å². The Kier molecular flexibility index (Phi) is 8.40. The molecule has 1 aliphatic rings. The van der Waals surface area contributed by atoms with Crippen LogP contribution in [0.4, 0.5) is 0 Å². The predicted octanol–water partition coefficient (Wildman–Crippen LogP) is 4.53. The molecule has 2 aromatic carbocycles. The van der Waals surface area contributed by atoms with Gasteiger partial charge < -0.3 is 0 Å². The number of hydrogen-bond acceptors (Lipinski definition) is 3. The van der Waals surface area contributed by atoms with Gasteiger partial charge in [-0.3, -0.25) is 4.90 Å². The van der Waals surface area contributed by atoms with Gasteiger partial charge in [0.1, 0.15) is 4.90 Å². The largest absolute Gasteiger partial charge is 0.299 e. The highest BCUT2D eigenvalue weighted by Gasteiger charge is 2.18. The Hall–Kier alpha value is -0.820. The molecule has 2 aromatic rings.